The zero-order valence-corrected chi connectivity index (χ0v) is 15.0. The number of rotatable bonds is 5. The summed E-state index contributed by atoms with van der Waals surface area (Å²) in [6.45, 7) is 10.4. The van der Waals surface area contributed by atoms with Gasteiger partial charge in [-0.3, -0.25) is 0 Å². The number of hydrogen-bond acceptors (Lipinski definition) is 6. The predicted molar refractivity (Wildman–Crippen MR) is 92.2 cm³/mol. The van der Waals surface area contributed by atoms with E-state index in [0.29, 0.717) is 24.9 Å². The second-order valence-electron chi connectivity index (χ2n) is 6.99. The van der Waals surface area contributed by atoms with Crippen molar-refractivity contribution in [2.45, 2.75) is 46.1 Å². The van der Waals surface area contributed by atoms with Crippen LogP contribution < -0.4 is 10.1 Å². The van der Waals surface area contributed by atoms with Crippen molar-refractivity contribution in [3.63, 3.8) is 0 Å². The second-order valence-corrected chi connectivity index (χ2v) is 6.99. The Morgan fingerprint density at radius 2 is 2.21 bits per heavy atom. The third kappa shape index (κ3) is 5.86. The number of hydrogen-bond donors (Lipinski definition) is 1. The van der Waals surface area contributed by atoms with Gasteiger partial charge in [0.1, 0.15) is 17.7 Å². The highest BCUT2D eigenvalue weighted by atomic mass is 16.6. The maximum atomic E-state index is 12.2. The van der Waals surface area contributed by atoms with Crippen molar-refractivity contribution in [2.75, 3.05) is 31.6 Å². The largest absolute Gasteiger partial charge is 0.478 e. The minimum absolute atomic E-state index is 0.229. The quantitative estimate of drug-likeness (QED) is 0.891. The molecule has 2 heterocycles. The topological polar surface area (TPSA) is 76.6 Å². The molecule has 0 saturated carbocycles. The Morgan fingerprint density at radius 3 is 2.92 bits per heavy atom. The van der Waals surface area contributed by atoms with Crippen LogP contribution in [0.1, 0.15) is 40.5 Å². The number of aromatic nitrogens is 2. The number of carbonyl (C=O) groups excluding carboxylic acids is 1. The highest BCUT2D eigenvalue weighted by Crippen LogP contribution is 2.20. The fraction of sp³-hybridized carbons (Fsp3) is 0.706. The summed E-state index contributed by atoms with van der Waals surface area (Å²) in [5.74, 6) is 1.67. The molecular weight excluding hydrogens is 308 g/mol. The molecule has 7 heteroatoms. The molecule has 1 aliphatic heterocycles. The number of ether oxygens (including phenoxy) is 2. The Bertz CT molecular complexity index is 545. The van der Waals surface area contributed by atoms with Gasteiger partial charge in [0, 0.05) is 25.7 Å². The summed E-state index contributed by atoms with van der Waals surface area (Å²) >= 11 is 0. The van der Waals surface area contributed by atoms with E-state index >= 15 is 0 Å². The molecule has 0 aromatic carbocycles. The van der Waals surface area contributed by atoms with E-state index in [9.17, 15) is 4.79 Å². The van der Waals surface area contributed by atoms with E-state index in [2.05, 4.69) is 15.3 Å². The Kier molecular flexibility index (Phi) is 6.23. The van der Waals surface area contributed by atoms with Crippen LogP contribution in [0, 0.1) is 5.92 Å². The fourth-order valence-electron chi connectivity index (χ4n) is 2.64. The van der Waals surface area contributed by atoms with E-state index in [-0.39, 0.29) is 6.09 Å². The van der Waals surface area contributed by atoms with Gasteiger partial charge in [-0.15, -0.1) is 0 Å². The first-order valence-electron chi connectivity index (χ1n) is 8.54. The van der Waals surface area contributed by atoms with E-state index < -0.39 is 5.60 Å². The minimum atomic E-state index is -0.459. The summed E-state index contributed by atoms with van der Waals surface area (Å²) < 4.78 is 10.8. The zero-order valence-electron chi connectivity index (χ0n) is 15.0. The van der Waals surface area contributed by atoms with Crippen LogP contribution in [0.25, 0.3) is 0 Å². The van der Waals surface area contributed by atoms with Crippen LogP contribution in [-0.4, -0.2) is 52.8 Å². The average molecular weight is 336 g/mol. The molecule has 0 spiro atoms. The monoisotopic (exact) mass is 336 g/mol. The lowest BCUT2D eigenvalue weighted by molar-refractivity contribution is 0.0172. The van der Waals surface area contributed by atoms with Crippen LogP contribution >= 0.6 is 0 Å². The molecule has 1 N–H and O–H groups in total. The van der Waals surface area contributed by atoms with Gasteiger partial charge in [-0.2, -0.15) is 0 Å². The maximum absolute atomic E-state index is 12.2. The average Bonchev–Trinajstić information content (AvgIpc) is 2.52. The maximum Gasteiger partial charge on any atom is 0.410 e. The third-order valence-electron chi connectivity index (χ3n) is 3.68. The van der Waals surface area contributed by atoms with Crippen molar-refractivity contribution in [3.05, 3.63) is 12.4 Å². The number of likely N-dealkylation sites (tertiary alicyclic amines) is 1. The predicted octanol–water partition coefficient (Wildman–Crippen LogP) is 2.93. The smallest absolute Gasteiger partial charge is 0.410 e. The first-order valence-corrected chi connectivity index (χ1v) is 8.54. The SMILES string of the molecule is CCOc1cc(NC[C@H]2CCCN(C(=O)OC(C)(C)C)C2)ncn1. The highest BCUT2D eigenvalue weighted by Gasteiger charge is 2.27. The van der Waals surface area contributed by atoms with Crippen molar-refractivity contribution < 1.29 is 14.3 Å². The van der Waals surface area contributed by atoms with E-state index in [4.69, 9.17) is 9.47 Å². The molecule has 0 unspecified atom stereocenters. The van der Waals surface area contributed by atoms with Gasteiger partial charge in [-0.25, -0.2) is 14.8 Å². The van der Waals surface area contributed by atoms with Crippen molar-refractivity contribution in [3.8, 4) is 5.88 Å². The minimum Gasteiger partial charge on any atom is -0.478 e. The van der Waals surface area contributed by atoms with Gasteiger partial charge < -0.3 is 19.7 Å². The van der Waals surface area contributed by atoms with Crippen LogP contribution in [0.2, 0.25) is 0 Å². The van der Waals surface area contributed by atoms with Gasteiger partial charge in [-0.05, 0) is 46.5 Å². The van der Waals surface area contributed by atoms with Gasteiger partial charge in [0.25, 0.3) is 0 Å². The summed E-state index contributed by atoms with van der Waals surface area (Å²) in [7, 11) is 0. The van der Waals surface area contributed by atoms with E-state index in [1.54, 1.807) is 11.0 Å². The number of anilines is 1. The molecule has 1 aromatic rings. The first kappa shape index (κ1) is 18.3. The summed E-state index contributed by atoms with van der Waals surface area (Å²) in [6, 6.07) is 1.79. The normalized spacial score (nSPS) is 18.2. The molecule has 0 aliphatic carbocycles. The van der Waals surface area contributed by atoms with Gasteiger partial charge >= 0.3 is 6.09 Å². The van der Waals surface area contributed by atoms with E-state index in [1.165, 1.54) is 6.33 Å². The molecule has 1 atom stereocenters. The van der Waals surface area contributed by atoms with Crippen LogP contribution in [0.15, 0.2) is 12.4 Å². The highest BCUT2D eigenvalue weighted by molar-refractivity contribution is 5.68. The van der Waals surface area contributed by atoms with Crippen molar-refractivity contribution in [1.29, 1.82) is 0 Å². The Morgan fingerprint density at radius 1 is 1.42 bits per heavy atom. The number of amides is 1. The molecule has 1 aliphatic rings. The fourth-order valence-corrected chi connectivity index (χ4v) is 2.64. The lowest BCUT2D eigenvalue weighted by Crippen LogP contribution is -2.44. The number of piperidine rings is 1. The lowest BCUT2D eigenvalue weighted by Gasteiger charge is -2.34. The van der Waals surface area contributed by atoms with Crippen LogP contribution in [-0.2, 0) is 4.74 Å². The molecule has 1 amide bonds. The van der Waals surface area contributed by atoms with Crippen molar-refractivity contribution in [2.24, 2.45) is 5.92 Å². The van der Waals surface area contributed by atoms with Crippen molar-refractivity contribution in [1.82, 2.24) is 14.9 Å². The van der Waals surface area contributed by atoms with Gasteiger partial charge in [-0.1, -0.05) is 0 Å². The standard InChI is InChI=1S/C17H28N4O3/c1-5-23-15-9-14(19-12-20-15)18-10-13-7-6-8-21(11-13)16(22)24-17(2,3)4/h9,12-13H,5-8,10-11H2,1-4H3,(H,18,19,20)/t13-/m1/s1. The molecule has 1 saturated heterocycles. The molecule has 1 fully saturated rings. The Labute approximate surface area is 143 Å². The Hall–Kier alpha value is -2.05. The van der Waals surface area contributed by atoms with Crippen molar-refractivity contribution >= 4 is 11.9 Å². The Balaban J connectivity index is 1.84. The van der Waals surface area contributed by atoms with Crippen LogP contribution in [0.3, 0.4) is 0 Å². The van der Waals surface area contributed by atoms with Gasteiger partial charge in [0.2, 0.25) is 5.88 Å². The number of carbonyl (C=O) groups is 1. The number of nitrogens with zero attached hydrogens (tertiary/aromatic N) is 3. The van der Waals surface area contributed by atoms with Gasteiger partial charge in [0.05, 0.1) is 6.61 Å². The molecule has 7 nitrogen and oxygen atoms in total. The van der Waals surface area contributed by atoms with Crippen LogP contribution in [0.5, 0.6) is 5.88 Å². The summed E-state index contributed by atoms with van der Waals surface area (Å²) in [4.78, 5) is 22.2. The zero-order chi connectivity index (χ0) is 17.6. The summed E-state index contributed by atoms with van der Waals surface area (Å²) in [5.41, 5.74) is -0.459. The van der Waals surface area contributed by atoms with Gasteiger partial charge in [0.15, 0.2) is 0 Å². The van der Waals surface area contributed by atoms with E-state index in [0.717, 1.165) is 31.7 Å². The molecule has 2 rings (SSSR count). The molecular formula is C17H28N4O3. The summed E-state index contributed by atoms with van der Waals surface area (Å²) in [6.07, 6.45) is 3.32. The summed E-state index contributed by atoms with van der Waals surface area (Å²) in [5, 5.41) is 3.31. The molecule has 0 radical (unpaired) electrons. The molecule has 134 valence electrons. The number of nitrogens with one attached hydrogen (secondary N) is 1. The van der Waals surface area contributed by atoms with Crippen LogP contribution in [0.4, 0.5) is 10.6 Å². The second kappa shape index (κ2) is 8.17. The molecule has 1 aromatic heterocycles. The molecule has 0 bridgehead atoms. The van der Waals surface area contributed by atoms with E-state index in [1.807, 2.05) is 27.7 Å². The first-order chi connectivity index (χ1) is 11.4. The molecule has 24 heavy (non-hydrogen) atoms. The lowest BCUT2D eigenvalue weighted by atomic mass is 9.98. The third-order valence-corrected chi connectivity index (χ3v) is 3.68.